The largest absolute Gasteiger partial charge is 0.496 e. The van der Waals surface area contributed by atoms with Gasteiger partial charge in [0.25, 0.3) is 0 Å². The third kappa shape index (κ3) is 7.77. The summed E-state index contributed by atoms with van der Waals surface area (Å²) in [6, 6.07) is 28.7. The van der Waals surface area contributed by atoms with Crippen LogP contribution in [-0.4, -0.2) is 42.1 Å². The third-order valence-electron chi connectivity index (χ3n) is 7.06. The number of carboxylic acid groups (broad SMARTS) is 1. The minimum Gasteiger partial charge on any atom is -0.496 e. The Morgan fingerprint density at radius 3 is 2.49 bits per heavy atom. The van der Waals surface area contributed by atoms with E-state index in [4.69, 9.17) is 21.1 Å². The molecule has 0 bridgehead atoms. The normalized spacial score (nSPS) is 10.9. The topological polar surface area (TPSA) is 97.8 Å². The fourth-order valence-corrected chi connectivity index (χ4v) is 5.03. The van der Waals surface area contributed by atoms with E-state index in [-0.39, 0.29) is 18.8 Å². The number of fused-ring (bicyclic) bond motifs is 1. The van der Waals surface area contributed by atoms with E-state index in [1.165, 1.54) is 0 Å². The van der Waals surface area contributed by atoms with Crippen LogP contribution in [0.15, 0.2) is 97.2 Å². The van der Waals surface area contributed by atoms with Crippen molar-refractivity contribution in [3.05, 3.63) is 113 Å². The number of ketones is 1. The maximum atomic E-state index is 12.5. The molecule has 1 heterocycles. The molecule has 5 rings (SSSR count). The van der Waals surface area contributed by atoms with E-state index in [2.05, 4.69) is 34.6 Å². The smallest absolute Gasteiger partial charge is 0.307 e. The van der Waals surface area contributed by atoms with Crippen molar-refractivity contribution in [2.45, 2.75) is 19.4 Å². The molecule has 1 aromatic heterocycles. The van der Waals surface area contributed by atoms with Crippen molar-refractivity contribution in [1.82, 2.24) is 10.3 Å². The maximum absolute atomic E-state index is 12.5. The molecule has 4 aromatic carbocycles. The lowest BCUT2D eigenvalue weighted by atomic mass is 9.92. The molecule has 0 saturated heterocycles. The first-order valence-corrected chi connectivity index (χ1v) is 14.3. The summed E-state index contributed by atoms with van der Waals surface area (Å²) in [6.45, 7) is 0.925. The number of carbonyl (C=O) groups excluding carboxylic acids is 1. The quantitative estimate of drug-likeness (QED) is 0.142. The van der Waals surface area contributed by atoms with Crippen LogP contribution in [-0.2, 0) is 22.6 Å². The van der Waals surface area contributed by atoms with Crippen LogP contribution in [0, 0.1) is 0 Å². The number of aromatic nitrogens is 1. The molecule has 0 radical (unpaired) electrons. The summed E-state index contributed by atoms with van der Waals surface area (Å²) in [4.78, 5) is 28.3. The molecule has 0 saturated carbocycles. The Kier molecular flexibility index (Phi) is 9.66. The zero-order chi connectivity index (χ0) is 30.2. The first-order valence-electron chi connectivity index (χ1n) is 13.9. The number of carboxylic acids is 1. The van der Waals surface area contributed by atoms with Gasteiger partial charge in [0.15, 0.2) is 5.78 Å². The summed E-state index contributed by atoms with van der Waals surface area (Å²) in [6.07, 6.45) is 1.99. The number of hydrogen-bond donors (Lipinski definition) is 2. The number of hydrogen-bond acceptors (Lipinski definition) is 6. The number of methoxy groups -OCH3 is 1. The summed E-state index contributed by atoms with van der Waals surface area (Å²) < 4.78 is 11.2. The van der Waals surface area contributed by atoms with Crippen LogP contribution >= 0.6 is 11.6 Å². The Morgan fingerprint density at radius 2 is 1.70 bits per heavy atom. The molecule has 0 unspecified atom stereocenters. The van der Waals surface area contributed by atoms with Gasteiger partial charge in [0.05, 0.1) is 19.0 Å². The predicted molar refractivity (Wildman–Crippen MR) is 169 cm³/mol. The molecular formula is C35H31ClN2O5. The molecule has 5 aromatic rings. The summed E-state index contributed by atoms with van der Waals surface area (Å²) in [5.41, 5.74) is 6.39. The van der Waals surface area contributed by atoms with Crippen LogP contribution in [0.5, 0.6) is 11.5 Å². The summed E-state index contributed by atoms with van der Waals surface area (Å²) >= 11 is 5.91. The van der Waals surface area contributed by atoms with Gasteiger partial charge in [0.1, 0.15) is 18.1 Å². The van der Waals surface area contributed by atoms with Crippen LogP contribution in [0.2, 0.25) is 5.02 Å². The molecule has 43 heavy (non-hydrogen) atoms. The fraction of sp³-hybridized carbons (Fsp3) is 0.171. The van der Waals surface area contributed by atoms with E-state index in [0.717, 1.165) is 38.7 Å². The number of carbonyl (C=O) groups is 2. The molecule has 2 N–H and O–H groups in total. The number of halogens is 1. The fourth-order valence-electron chi connectivity index (χ4n) is 4.91. The van der Waals surface area contributed by atoms with Crippen LogP contribution in [0.25, 0.3) is 33.2 Å². The van der Waals surface area contributed by atoms with Crippen molar-refractivity contribution >= 4 is 34.3 Å². The van der Waals surface area contributed by atoms with Gasteiger partial charge in [-0.05, 0) is 88.5 Å². The Bertz CT molecular complexity index is 1750. The summed E-state index contributed by atoms with van der Waals surface area (Å²) in [5, 5.41) is 14.4. The van der Waals surface area contributed by atoms with Crippen LogP contribution in [0.4, 0.5) is 0 Å². The second-order valence-electron chi connectivity index (χ2n) is 10.1. The van der Waals surface area contributed by atoms with Gasteiger partial charge < -0.3 is 19.9 Å². The van der Waals surface area contributed by atoms with Gasteiger partial charge in [-0.2, -0.15) is 0 Å². The number of aliphatic carboxylic acids is 1. The monoisotopic (exact) mass is 594 g/mol. The molecule has 0 aliphatic heterocycles. The average molecular weight is 595 g/mol. The van der Waals surface area contributed by atoms with Crippen molar-refractivity contribution in [2.75, 3.05) is 20.3 Å². The van der Waals surface area contributed by atoms with Crippen molar-refractivity contribution < 1.29 is 24.2 Å². The highest BCUT2D eigenvalue weighted by atomic mass is 35.5. The third-order valence-corrected chi connectivity index (χ3v) is 7.31. The van der Waals surface area contributed by atoms with Crippen LogP contribution < -0.4 is 14.8 Å². The van der Waals surface area contributed by atoms with Crippen molar-refractivity contribution in [2.24, 2.45) is 0 Å². The molecule has 0 aliphatic rings. The Balaban J connectivity index is 1.37. The molecular weight excluding hydrogens is 564 g/mol. The number of Topliss-reactive ketones (excluding diaryl/α,β-unsaturated/α-hetero) is 1. The van der Waals surface area contributed by atoms with Crippen LogP contribution in [0.1, 0.15) is 17.5 Å². The van der Waals surface area contributed by atoms with E-state index < -0.39 is 5.97 Å². The van der Waals surface area contributed by atoms with Gasteiger partial charge >= 0.3 is 5.97 Å². The zero-order valence-corrected chi connectivity index (χ0v) is 24.4. The lowest BCUT2D eigenvalue weighted by Crippen LogP contribution is -2.21. The summed E-state index contributed by atoms with van der Waals surface area (Å²) in [5.74, 6) is 0.318. The highest BCUT2D eigenvalue weighted by Gasteiger charge is 2.15. The number of benzene rings is 4. The molecule has 0 aliphatic carbocycles. The van der Waals surface area contributed by atoms with E-state index in [0.29, 0.717) is 41.6 Å². The number of nitrogens with one attached hydrogen (secondary N) is 1. The van der Waals surface area contributed by atoms with Gasteiger partial charge in [0, 0.05) is 41.7 Å². The molecule has 8 heteroatoms. The van der Waals surface area contributed by atoms with Gasteiger partial charge in [-0.1, -0.05) is 41.9 Å². The molecule has 0 spiro atoms. The van der Waals surface area contributed by atoms with Crippen LogP contribution in [0.3, 0.4) is 0 Å². The molecule has 7 nitrogen and oxygen atoms in total. The van der Waals surface area contributed by atoms with Gasteiger partial charge in [-0.3, -0.25) is 14.6 Å². The van der Waals surface area contributed by atoms with Crippen molar-refractivity contribution in [3.63, 3.8) is 0 Å². The first kappa shape index (κ1) is 29.8. The number of rotatable bonds is 13. The lowest BCUT2D eigenvalue weighted by Gasteiger charge is -2.17. The standard InChI is InChI=1S/C35H31ClN2O5/c1-42-34-13-4-23(18-35(40)41)17-32(34)31-11-5-24(25-6-12-33-26(19-25)3-2-15-38-33)20-27(31)21-37-16-14-29(39)22-43-30-9-7-28(36)8-10-30/h2-13,15,17,19-20,37H,14,16,18,21-22H2,1H3,(H,40,41). The summed E-state index contributed by atoms with van der Waals surface area (Å²) in [7, 11) is 1.60. The van der Waals surface area contributed by atoms with E-state index in [1.807, 2.05) is 30.3 Å². The Labute approximate surface area is 255 Å². The SMILES string of the molecule is COc1ccc(CC(=O)O)cc1-c1ccc(-c2ccc3ncccc3c2)cc1CNCCC(=O)COc1ccc(Cl)cc1. The van der Waals surface area contributed by atoms with Gasteiger partial charge in [-0.25, -0.2) is 0 Å². The number of pyridine rings is 1. The Morgan fingerprint density at radius 1 is 0.907 bits per heavy atom. The zero-order valence-electron chi connectivity index (χ0n) is 23.7. The van der Waals surface area contributed by atoms with Gasteiger partial charge in [-0.15, -0.1) is 0 Å². The van der Waals surface area contributed by atoms with Gasteiger partial charge in [0.2, 0.25) is 0 Å². The molecule has 218 valence electrons. The maximum Gasteiger partial charge on any atom is 0.307 e. The lowest BCUT2D eigenvalue weighted by molar-refractivity contribution is -0.136. The van der Waals surface area contributed by atoms with E-state index in [9.17, 15) is 14.7 Å². The van der Waals surface area contributed by atoms with Crippen molar-refractivity contribution in [3.8, 4) is 33.8 Å². The molecule has 0 amide bonds. The predicted octanol–water partition coefficient (Wildman–Crippen LogP) is 6.99. The average Bonchev–Trinajstić information content (AvgIpc) is 3.02. The molecule has 0 fully saturated rings. The Hall–Kier alpha value is -4.72. The number of nitrogens with zero attached hydrogens (tertiary/aromatic N) is 1. The van der Waals surface area contributed by atoms with E-state index >= 15 is 0 Å². The van der Waals surface area contributed by atoms with Crippen molar-refractivity contribution in [1.29, 1.82) is 0 Å². The highest BCUT2D eigenvalue weighted by Crippen LogP contribution is 2.36. The number of ether oxygens (including phenoxy) is 2. The van der Waals surface area contributed by atoms with E-state index in [1.54, 1.807) is 49.7 Å². The minimum absolute atomic E-state index is 0.0194. The minimum atomic E-state index is -0.899. The molecule has 0 atom stereocenters. The first-order chi connectivity index (χ1) is 20.9. The highest BCUT2D eigenvalue weighted by molar-refractivity contribution is 6.30. The second-order valence-corrected chi connectivity index (χ2v) is 10.5. The second kappa shape index (κ2) is 14.0.